The highest BCUT2D eigenvalue weighted by Crippen LogP contribution is 2.24. The van der Waals surface area contributed by atoms with Crippen molar-refractivity contribution in [2.75, 3.05) is 0 Å². The van der Waals surface area contributed by atoms with Crippen LogP contribution in [0.3, 0.4) is 0 Å². The molecule has 16 heavy (non-hydrogen) atoms. The molecule has 0 unspecified atom stereocenters. The molecule has 0 aliphatic heterocycles. The van der Waals surface area contributed by atoms with Gasteiger partial charge in [0.15, 0.2) is 0 Å². The number of benzene rings is 1. The third-order valence-corrected chi connectivity index (χ3v) is 2.98. The van der Waals surface area contributed by atoms with E-state index in [1.54, 1.807) is 18.3 Å². The van der Waals surface area contributed by atoms with Crippen molar-refractivity contribution in [3.05, 3.63) is 40.5 Å². The summed E-state index contributed by atoms with van der Waals surface area (Å²) in [6, 6.07) is 4.92. The number of imidazole rings is 1. The number of hydrogen-bond acceptors (Lipinski definition) is 1. The molecule has 1 heterocycles. The van der Waals surface area contributed by atoms with Crippen LogP contribution in [0.2, 0.25) is 0 Å². The molecule has 1 N–H and O–H groups in total. The number of nitrogens with zero attached hydrogens (tertiary/aromatic N) is 1. The Labute approximate surface area is 102 Å². The molecule has 0 atom stereocenters. The first-order valence-corrected chi connectivity index (χ1v) is 5.87. The Bertz CT molecular complexity index is 505. The summed E-state index contributed by atoms with van der Waals surface area (Å²) in [5, 5.41) is 0. The fraction of sp³-hybridized carbons (Fsp3) is 0.250. The zero-order chi connectivity index (χ0) is 11.7. The van der Waals surface area contributed by atoms with Gasteiger partial charge < -0.3 is 4.98 Å². The van der Waals surface area contributed by atoms with Crippen LogP contribution in [0.4, 0.5) is 4.39 Å². The summed E-state index contributed by atoms with van der Waals surface area (Å²) in [5.74, 6) is 1.04. The van der Waals surface area contributed by atoms with Gasteiger partial charge in [-0.1, -0.05) is 13.8 Å². The molecule has 0 aliphatic carbocycles. The van der Waals surface area contributed by atoms with Crippen molar-refractivity contribution >= 4 is 15.9 Å². The van der Waals surface area contributed by atoms with E-state index in [2.05, 4.69) is 39.7 Å². The first-order chi connectivity index (χ1) is 7.58. The molecular formula is C12H12BrFN2. The molecule has 0 bridgehead atoms. The Balaban J connectivity index is 2.39. The second-order valence-corrected chi connectivity index (χ2v) is 4.82. The van der Waals surface area contributed by atoms with Gasteiger partial charge in [0, 0.05) is 11.5 Å². The van der Waals surface area contributed by atoms with Gasteiger partial charge in [-0.3, -0.25) is 0 Å². The van der Waals surface area contributed by atoms with E-state index in [-0.39, 0.29) is 5.82 Å². The number of rotatable bonds is 2. The highest BCUT2D eigenvalue weighted by molar-refractivity contribution is 9.10. The van der Waals surface area contributed by atoms with Crippen molar-refractivity contribution in [3.63, 3.8) is 0 Å². The van der Waals surface area contributed by atoms with Crippen LogP contribution >= 0.6 is 15.9 Å². The lowest BCUT2D eigenvalue weighted by Gasteiger charge is -2.01. The van der Waals surface area contributed by atoms with E-state index < -0.39 is 0 Å². The maximum absolute atomic E-state index is 13.1. The summed E-state index contributed by atoms with van der Waals surface area (Å²) in [6.45, 7) is 4.15. The van der Waals surface area contributed by atoms with Crippen molar-refractivity contribution in [2.24, 2.45) is 0 Å². The van der Waals surface area contributed by atoms with Crippen LogP contribution in [0.1, 0.15) is 25.6 Å². The molecule has 0 fully saturated rings. The minimum Gasteiger partial charge on any atom is -0.342 e. The van der Waals surface area contributed by atoms with E-state index >= 15 is 0 Å². The van der Waals surface area contributed by atoms with E-state index in [0.29, 0.717) is 10.4 Å². The van der Waals surface area contributed by atoms with Gasteiger partial charge in [-0.05, 0) is 34.1 Å². The SMILES string of the molecule is CC(C)c1ncc(-c2ccc(F)c(Br)c2)[nH]1. The van der Waals surface area contributed by atoms with Crippen LogP contribution in [0.15, 0.2) is 28.9 Å². The molecule has 1 aromatic carbocycles. The number of nitrogens with one attached hydrogen (secondary N) is 1. The van der Waals surface area contributed by atoms with Crippen molar-refractivity contribution < 1.29 is 4.39 Å². The summed E-state index contributed by atoms with van der Waals surface area (Å²) >= 11 is 3.17. The number of H-pyrrole nitrogens is 1. The molecule has 0 saturated heterocycles. The van der Waals surface area contributed by atoms with Gasteiger partial charge in [-0.25, -0.2) is 9.37 Å². The highest BCUT2D eigenvalue weighted by Gasteiger charge is 2.07. The summed E-state index contributed by atoms with van der Waals surface area (Å²) in [6.07, 6.45) is 1.77. The highest BCUT2D eigenvalue weighted by atomic mass is 79.9. The molecule has 4 heteroatoms. The van der Waals surface area contributed by atoms with E-state index in [0.717, 1.165) is 17.1 Å². The number of halogens is 2. The van der Waals surface area contributed by atoms with E-state index in [4.69, 9.17) is 0 Å². The Kier molecular flexibility index (Phi) is 3.10. The monoisotopic (exact) mass is 282 g/mol. The smallest absolute Gasteiger partial charge is 0.137 e. The normalized spacial score (nSPS) is 11.1. The molecule has 84 valence electrons. The zero-order valence-electron chi connectivity index (χ0n) is 9.09. The predicted octanol–water partition coefficient (Wildman–Crippen LogP) is 4.10. The molecule has 0 spiro atoms. The van der Waals surface area contributed by atoms with Crippen molar-refractivity contribution in [1.82, 2.24) is 9.97 Å². The molecule has 1 aromatic heterocycles. The molecule has 2 rings (SSSR count). The van der Waals surface area contributed by atoms with E-state index in [9.17, 15) is 4.39 Å². The van der Waals surface area contributed by atoms with Gasteiger partial charge in [0.25, 0.3) is 0 Å². The molecule has 2 aromatic rings. The lowest BCUT2D eigenvalue weighted by atomic mass is 10.2. The average molecular weight is 283 g/mol. The minimum absolute atomic E-state index is 0.257. The summed E-state index contributed by atoms with van der Waals surface area (Å²) < 4.78 is 13.5. The third-order valence-electron chi connectivity index (χ3n) is 2.37. The second kappa shape index (κ2) is 4.37. The quantitative estimate of drug-likeness (QED) is 0.883. The molecule has 0 radical (unpaired) electrons. The molecule has 2 nitrogen and oxygen atoms in total. The Morgan fingerprint density at radius 1 is 1.38 bits per heavy atom. The van der Waals surface area contributed by atoms with Gasteiger partial charge in [-0.2, -0.15) is 0 Å². The maximum Gasteiger partial charge on any atom is 0.137 e. The fourth-order valence-electron chi connectivity index (χ4n) is 1.44. The van der Waals surface area contributed by atoms with E-state index in [1.165, 1.54) is 6.07 Å². The predicted molar refractivity (Wildman–Crippen MR) is 65.8 cm³/mol. The van der Waals surface area contributed by atoms with Gasteiger partial charge in [0.05, 0.1) is 16.4 Å². The minimum atomic E-state index is -0.257. The number of aromatic amines is 1. The summed E-state index contributed by atoms with van der Waals surface area (Å²) in [4.78, 5) is 7.50. The standard InChI is InChI=1S/C12H12BrFN2/c1-7(2)12-15-6-11(16-12)8-3-4-10(14)9(13)5-8/h3-7H,1-2H3,(H,15,16). The van der Waals surface area contributed by atoms with Crippen molar-refractivity contribution in [1.29, 1.82) is 0 Å². The average Bonchev–Trinajstić information content (AvgIpc) is 2.71. The summed E-state index contributed by atoms with van der Waals surface area (Å²) in [5.41, 5.74) is 1.83. The lowest BCUT2D eigenvalue weighted by molar-refractivity contribution is 0.621. The first kappa shape index (κ1) is 11.3. The fourth-order valence-corrected chi connectivity index (χ4v) is 1.82. The lowest BCUT2D eigenvalue weighted by Crippen LogP contribution is -1.89. The Hall–Kier alpha value is -1.16. The second-order valence-electron chi connectivity index (χ2n) is 3.97. The summed E-state index contributed by atoms with van der Waals surface area (Å²) in [7, 11) is 0. The van der Waals surface area contributed by atoms with Gasteiger partial charge >= 0.3 is 0 Å². The van der Waals surface area contributed by atoms with Crippen molar-refractivity contribution in [3.8, 4) is 11.3 Å². The topological polar surface area (TPSA) is 28.7 Å². The Morgan fingerprint density at radius 2 is 2.12 bits per heavy atom. The van der Waals surface area contributed by atoms with E-state index in [1.807, 2.05) is 0 Å². The maximum atomic E-state index is 13.1. The largest absolute Gasteiger partial charge is 0.342 e. The molecular weight excluding hydrogens is 271 g/mol. The van der Waals surface area contributed by atoms with Crippen molar-refractivity contribution in [2.45, 2.75) is 19.8 Å². The molecule has 0 amide bonds. The zero-order valence-corrected chi connectivity index (χ0v) is 10.7. The third kappa shape index (κ3) is 2.16. The molecule has 0 aliphatic rings. The van der Waals surface area contributed by atoms with Crippen LogP contribution in [0, 0.1) is 5.82 Å². The van der Waals surface area contributed by atoms with Crippen LogP contribution in [-0.2, 0) is 0 Å². The van der Waals surface area contributed by atoms with Gasteiger partial charge in [-0.15, -0.1) is 0 Å². The van der Waals surface area contributed by atoms with Crippen LogP contribution in [0.25, 0.3) is 11.3 Å². The van der Waals surface area contributed by atoms with Crippen LogP contribution in [0.5, 0.6) is 0 Å². The van der Waals surface area contributed by atoms with Gasteiger partial charge in [0.2, 0.25) is 0 Å². The first-order valence-electron chi connectivity index (χ1n) is 5.08. The van der Waals surface area contributed by atoms with Gasteiger partial charge in [0.1, 0.15) is 11.6 Å². The molecule has 0 saturated carbocycles. The number of hydrogen-bond donors (Lipinski definition) is 1. The van der Waals surface area contributed by atoms with Crippen LogP contribution < -0.4 is 0 Å². The number of aromatic nitrogens is 2. The Morgan fingerprint density at radius 3 is 2.69 bits per heavy atom. The van der Waals surface area contributed by atoms with Crippen LogP contribution in [-0.4, -0.2) is 9.97 Å².